The van der Waals surface area contributed by atoms with Crippen molar-refractivity contribution >= 4 is 28.4 Å². The Hall–Kier alpha value is -2.57. The molecule has 2 aromatic heterocycles. The summed E-state index contributed by atoms with van der Waals surface area (Å²) < 4.78 is 5.27. The number of rotatable bonds is 2. The average molecular weight is 358 g/mol. The van der Waals surface area contributed by atoms with Crippen molar-refractivity contribution in [2.45, 2.75) is 0 Å². The number of aromatic hydroxyl groups is 1. The lowest BCUT2D eigenvalue weighted by molar-refractivity contribution is 0.0302. The molecular weight excluding hydrogens is 342 g/mol. The Kier molecular flexibility index (Phi) is 4.07. The van der Waals surface area contributed by atoms with E-state index in [1.807, 2.05) is 0 Å². The number of H-pyrrole nitrogens is 1. The van der Waals surface area contributed by atoms with Crippen molar-refractivity contribution in [1.82, 2.24) is 14.9 Å². The number of amides is 1. The van der Waals surface area contributed by atoms with Crippen molar-refractivity contribution in [3.05, 3.63) is 47.1 Å². The Morgan fingerprint density at radius 3 is 2.76 bits per heavy atom. The maximum atomic E-state index is 12.5. The van der Waals surface area contributed by atoms with Crippen LogP contribution in [-0.4, -0.2) is 52.2 Å². The number of nitrogens with zero attached hydrogens (tertiary/aromatic N) is 2. The van der Waals surface area contributed by atoms with E-state index in [0.717, 1.165) is 10.9 Å². The van der Waals surface area contributed by atoms with Gasteiger partial charge in [-0.25, -0.2) is 0 Å². The first-order valence-electron chi connectivity index (χ1n) is 7.97. The highest BCUT2D eigenvalue weighted by atomic mass is 35.5. The maximum Gasteiger partial charge on any atom is 0.255 e. The van der Waals surface area contributed by atoms with Crippen molar-refractivity contribution in [3.8, 4) is 17.1 Å². The number of fused-ring (bicyclic) bond motifs is 1. The normalized spacial score (nSPS) is 14.8. The van der Waals surface area contributed by atoms with Crippen LogP contribution in [0.4, 0.5) is 0 Å². The summed E-state index contributed by atoms with van der Waals surface area (Å²) in [6.07, 6.45) is 1.54. The summed E-state index contributed by atoms with van der Waals surface area (Å²) in [6, 6.07) is 8.79. The monoisotopic (exact) mass is 357 g/mol. The minimum Gasteiger partial charge on any atom is -0.494 e. The number of halogens is 1. The summed E-state index contributed by atoms with van der Waals surface area (Å²) in [6.45, 7) is 2.28. The third kappa shape index (κ3) is 2.94. The minimum atomic E-state index is -0.0615. The van der Waals surface area contributed by atoms with Gasteiger partial charge < -0.3 is 19.7 Å². The van der Waals surface area contributed by atoms with Crippen LogP contribution in [0.3, 0.4) is 0 Å². The van der Waals surface area contributed by atoms with Gasteiger partial charge in [-0.2, -0.15) is 0 Å². The number of aromatic nitrogens is 2. The molecule has 0 radical (unpaired) electrons. The Labute approximate surface area is 149 Å². The molecule has 6 nitrogen and oxygen atoms in total. The molecule has 1 saturated heterocycles. The zero-order chi connectivity index (χ0) is 17.4. The first kappa shape index (κ1) is 15.9. The predicted molar refractivity (Wildman–Crippen MR) is 94.9 cm³/mol. The first-order chi connectivity index (χ1) is 12.1. The summed E-state index contributed by atoms with van der Waals surface area (Å²) in [4.78, 5) is 21.5. The van der Waals surface area contributed by atoms with E-state index in [4.69, 9.17) is 16.3 Å². The third-order valence-electron chi connectivity index (χ3n) is 4.31. The van der Waals surface area contributed by atoms with Crippen molar-refractivity contribution in [3.63, 3.8) is 0 Å². The Balaban J connectivity index is 1.67. The Morgan fingerprint density at radius 2 is 2.04 bits per heavy atom. The smallest absolute Gasteiger partial charge is 0.255 e. The second kappa shape index (κ2) is 6.38. The van der Waals surface area contributed by atoms with Crippen molar-refractivity contribution in [2.75, 3.05) is 26.3 Å². The van der Waals surface area contributed by atoms with E-state index in [2.05, 4.69) is 9.97 Å². The van der Waals surface area contributed by atoms with Crippen LogP contribution in [0.2, 0.25) is 5.02 Å². The minimum absolute atomic E-state index is 0.0250. The van der Waals surface area contributed by atoms with Gasteiger partial charge in [-0.3, -0.25) is 9.78 Å². The number of pyridine rings is 1. The molecule has 4 rings (SSSR count). The Morgan fingerprint density at radius 1 is 1.24 bits per heavy atom. The predicted octanol–water partition coefficient (Wildman–Crippen LogP) is 3.06. The van der Waals surface area contributed by atoms with Gasteiger partial charge in [0.25, 0.3) is 5.91 Å². The number of carbonyl (C=O) groups is 1. The van der Waals surface area contributed by atoms with Gasteiger partial charge in [0.05, 0.1) is 30.0 Å². The molecule has 3 heterocycles. The molecule has 25 heavy (non-hydrogen) atoms. The fourth-order valence-electron chi connectivity index (χ4n) is 3.03. The highest BCUT2D eigenvalue weighted by Gasteiger charge is 2.20. The van der Waals surface area contributed by atoms with Crippen molar-refractivity contribution in [2.24, 2.45) is 0 Å². The van der Waals surface area contributed by atoms with Crippen LogP contribution in [0, 0.1) is 0 Å². The van der Waals surface area contributed by atoms with Gasteiger partial charge in [0.2, 0.25) is 0 Å². The summed E-state index contributed by atoms with van der Waals surface area (Å²) in [5, 5.41) is 11.6. The molecule has 1 amide bonds. The molecule has 1 aliphatic heterocycles. The van der Waals surface area contributed by atoms with Gasteiger partial charge in [0.15, 0.2) is 5.88 Å². The molecule has 0 bridgehead atoms. The number of hydrogen-bond donors (Lipinski definition) is 2. The SMILES string of the molecule is O=C(c1ccc(-c2c(O)[nH]c3ccc(Cl)cc23)nc1)N1CCOCC1. The molecule has 0 aliphatic carbocycles. The van der Waals surface area contributed by atoms with Crippen LogP contribution in [0.25, 0.3) is 22.2 Å². The van der Waals surface area contributed by atoms with E-state index in [1.165, 1.54) is 6.20 Å². The molecular formula is C18H16ClN3O3. The lowest BCUT2D eigenvalue weighted by atomic mass is 10.1. The molecule has 0 saturated carbocycles. The number of ether oxygens (including phenoxy) is 1. The highest BCUT2D eigenvalue weighted by molar-refractivity contribution is 6.31. The molecule has 128 valence electrons. The Bertz CT molecular complexity index is 931. The van der Waals surface area contributed by atoms with Crippen LogP contribution >= 0.6 is 11.6 Å². The fraction of sp³-hybridized carbons (Fsp3) is 0.222. The molecule has 0 spiro atoms. The summed E-state index contributed by atoms with van der Waals surface area (Å²) >= 11 is 6.06. The van der Waals surface area contributed by atoms with Gasteiger partial charge >= 0.3 is 0 Å². The van der Waals surface area contributed by atoms with E-state index in [0.29, 0.717) is 48.1 Å². The lowest BCUT2D eigenvalue weighted by Crippen LogP contribution is -2.40. The van der Waals surface area contributed by atoms with E-state index in [1.54, 1.807) is 35.2 Å². The fourth-order valence-corrected chi connectivity index (χ4v) is 3.20. The standard InChI is InChI=1S/C18H16ClN3O3/c19-12-2-4-14-13(9-12)16(17(23)21-14)15-3-1-11(10-20-15)18(24)22-5-7-25-8-6-22/h1-4,9-10,21,23H,5-8H2. The van der Waals surface area contributed by atoms with Gasteiger partial charge in [-0.1, -0.05) is 11.6 Å². The van der Waals surface area contributed by atoms with E-state index >= 15 is 0 Å². The van der Waals surface area contributed by atoms with Gasteiger partial charge in [0, 0.05) is 35.2 Å². The average Bonchev–Trinajstić information content (AvgIpc) is 2.97. The summed E-state index contributed by atoms with van der Waals surface area (Å²) in [7, 11) is 0. The quantitative estimate of drug-likeness (QED) is 0.738. The van der Waals surface area contributed by atoms with Crippen LogP contribution < -0.4 is 0 Å². The molecule has 0 unspecified atom stereocenters. The zero-order valence-electron chi connectivity index (χ0n) is 13.3. The number of morpholine rings is 1. The van der Waals surface area contributed by atoms with E-state index < -0.39 is 0 Å². The number of carbonyl (C=O) groups excluding carboxylic acids is 1. The molecule has 2 N–H and O–H groups in total. The van der Waals surface area contributed by atoms with Gasteiger partial charge in [-0.05, 0) is 30.3 Å². The van der Waals surface area contributed by atoms with E-state index in [9.17, 15) is 9.90 Å². The number of hydrogen-bond acceptors (Lipinski definition) is 4. The molecule has 0 atom stereocenters. The van der Waals surface area contributed by atoms with Gasteiger partial charge in [0.1, 0.15) is 0 Å². The molecule has 3 aromatic rings. The van der Waals surface area contributed by atoms with Gasteiger partial charge in [-0.15, -0.1) is 0 Å². The second-order valence-electron chi connectivity index (χ2n) is 5.88. The summed E-state index contributed by atoms with van der Waals surface area (Å²) in [5.41, 5.74) is 2.43. The highest BCUT2D eigenvalue weighted by Crippen LogP contribution is 2.36. The molecule has 1 fully saturated rings. The largest absolute Gasteiger partial charge is 0.494 e. The van der Waals surface area contributed by atoms with E-state index in [-0.39, 0.29) is 11.8 Å². The van der Waals surface area contributed by atoms with Crippen LogP contribution in [-0.2, 0) is 4.74 Å². The molecule has 7 heteroatoms. The lowest BCUT2D eigenvalue weighted by Gasteiger charge is -2.26. The first-order valence-corrected chi connectivity index (χ1v) is 8.35. The number of benzene rings is 1. The number of aromatic amines is 1. The summed E-state index contributed by atoms with van der Waals surface area (Å²) in [5.74, 6) is -0.0365. The third-order valence-corrected chi connectivity index (χ3v) is 4.54. The molecule has 1 aliphatic rings. The van der Waals surface area contributed by atoms with Crippen LogP contribution in [0.1, 0.15) is 10.4 Å². The van der Waals surface area contributed by atoms with Crippen LogP contribution in [0.5, 0.6) is 5.88 Å². The molecule has 1 aromatic carbocycles. The van der Waals surface area contributed by atoms with Crippen LogP contribution in [0.15, 0.2) is 36.5 Å². The van der Waals surface area contributed by atoms with Crippen molar-refractivity contribution in [1.29, 1.82) is 0 Å². The topological polar surface area (TPSA) is 78.4 Å². The zero-order valence-corrected chi connectivity index (χ0v) is 14.1. The second-order valence-corrected chi connectivity index (χ2v) is 6.31. The van der Waals surface area contributed by atoms with Crippen molar-refractivity contribution < 1.29 is 14.6 Å². The number of nitrogens with one attached hydrogen (secondary N) is 1. The maximum absolute atomic E-state index is 12.5.